The van der Waals surface area contributed by atoms with Crippen LogP contribution in [0.3, 0.4) is 0 Å². The summed E-state index contributed by atoms with van der Waals surface area (Å²) in [6.45, 7) is 8.22. The summed E-state index contributed by atoms with van der Waals surface area (Å²) < 4.78 is 6.97. The van der Waals surface area contributed by atoms with E-state index in [1.54, 1.807) is 22.7 Å². The second-order valence-electron chi connectivity index (χ2n) is 8.71. The summed E-state index contributed by atoms with van der Waals surface area (Å²) >= 11 is 0. The number of esters is 1. The van der Waals surface area contributed by atoms with Crippen LogP contribution in [-0.4, -0.2) is 34.3 Å². The molecule has 1 heterocycles. The first-order valence-electron chi connectivity index (χ1n) is 11.3. The Balaban J connectivity index is 2.01. The maximum atomic E-state index is 13.5. The Labute approximate surface area is 187 Å². The van der Waals surface area contributed by atoms with Gasteiger partial charge in [-0.2, -0.15) is 0 Å². The molecule has 0 saturated heterocycles. The van der Waals surface area contributed by atoms with Gasteiger partial charge in [0.05, 0.1) is 18.5 Å². The molecule has 1 saturated carbocycles. The van der Waals surface area contributed by atoms with Crippen molar-refractivity contribution in [3.8, 4) is 5.69 Å². The third-order valence-corrected chi connectivity index (χ3v) is 6.60. The molecule has 0 aliphatic heterocycles. The van der Waals surface area contributed by atoms with Crippen LogP contribution in [0.1, 0.15) is 69.3 Å². The molecular formula is C24H35N3O3P+. The lowest BCUT2D eigenvalue weighted by Crippen LogP contribution is -2.43. The van der Waals surface area contributed by atoms with Crippen LogP contribution >= 0.6 is 9.24 Å². The van der Waals surface area contributed by atoms with Gasteiger partial charge in [-0.1, -0.05) is 19.1 Å². The summed E-state index contributed by atoms with van der Waals surface area (Å²) in [4.78, 5) is 28.0. The summed E-state index contributed by atoms with van der Waals surface area (Å²) in [6.07, 6.45) is 6.56. The number of carbonyl (C=O) groups is 2. The van der Waals surface area contributed by atoms with E-state index in [1.807, 2.05) is 35.2 Å². The molecule has 7 heteroatoms. The fourth-order valence-electron chi connectivity index (χ4n) is 4.15. The molecule has 1 fully saturated rings. The van der Waals surface area contributed by atoms with E-state index < -0.39 is 5.97 Å². The molecule has 1 amide bonds. The lowest BCUT2D eigenvalue weighted by molar-refractivity contribution is -0.123. The van der Waals surface area contributed by atoms with Gasteiger partial charge in [0.15, 0.2) is 5.82 Å². The molecule has 31 heavy (non-hydrogen) atoms. The van der Waals surface area contributed by atoms with E-state index >= 15 is 0 Å². The number of aromatic nitrogens is 2. The van der Waals surface area contributed by atoms with Crippen LogP contribution in [0.15, 0.2) is 30.5 Å². The monoisotopic (exact) mass is 444 g/mol. The van der Waals surface area contributed by atoms with Crippen LogP contribution in [0, 0.1) is 11.8 Å². The number of hydrogen-bond donors (Lipinski definition) is 0. The standard InChI is InChI=1S/C24H34N3O3P/c1-5-30-24(29)21-14-26(20-12-8-18(15-31)9-13-20)25-22(21)27(16(2)3)23(28)19-10-6-17(4)7-11-19/h8-9,12-14,16-17,19H,5-7,10-11,15,31H2,1-4H3/p+1. The van der Waals surface area contributed by atoms with Crippen molar-refractivity contribution in [2.24, 2.45) is 11.8 Å². The first kappa shape index (κ1) is 23.5. The first-order valence-corrected chi connectivity index (χ1v) is 12.3. The minimum Gasteiger partial charge on any atom is -0.462 e. The van der Waals surface area contributed by atoms with Crippen LogP contribution in [-0.2, 0) is 15.7 Å². The quantitative estimate of drug-likeness (QED) is 0.458. The minimum absolute atomic E-state index is 0.0246. The van der Waals surface area contributed by atoms with E-state index in [0.717, 1.165) is 37.5 Å². The lowest BCUT2D eigenvalue weighted by atomic mass is 9.82. The predicted octanol–water partition coefficient (Wildman–Crippen LogP) is 4.72. The third-order valence-electron chi connectivity index (χ3n) is 6.03. The van der Waals surface area contributed by atoms with E-state index in [0.29, 0.717) is 17.3 Å². The summed E-state index contributed by atoms with van der Waals surface area (Å²) in [5.41, 5.74) is 2.42. The van der Waals surface area contributed by atoms with Gasteiger partial charge >= 0.3 is 5.97 Å². The molecule has 0 spiro atoms. The fraction of sp³-hybridized carbons (Fsp3) is 0.542. The second-order valence-corrected chi connectivity index (χ2v) is 9.21. The maximum absolute atomic E-state index is 13.5. The van der Waals surface area contributed by atoms with Gasteiger partial charge < -0.3 is 4.74 Å². The third kappa shape index (κ3) is 5.35. The van der Waals surface area contributed by atoms with E-state index in [2.05, 4.69) is 19.1 Å². The highest BCUT2D eigenvalue weighted by Gasteiger charge is 2.34. The zero-order valence-electron chi connectivity index (χ0n) is 19.1. The molecule has 0 radical (unpaired) electrons. The van der Waals surface area contributed by atoms with Gasteiger partial charge in [-0.15, -0.1) is 5.10 Å². The van der Waals surface area contributed by atoms with E-state index in [1.165, 1.54) is 5.56 Å². The number of amides is 1. The average Bonchev–Trinajstić information content (AvgIpc) is 3.19. The molecule has 1 atom stereocenters. The number of carbonyl (C=O) groups excluding carboxylic acids is 2. The second kappa shape index (κ2) is 10.4. The van der Waals surface area contributed by atoms with Crippen LogP contribution in [0.2, 0.25) is 0 Å². The van der Waals surface area contributed by atoms with Gasteiger partial charge in [-0.3, -0.25) is 9.69 Å². The first-order chi connectivity index (χ1) is 14.8. The Morgan fingerprint density at radius 3 is 2.39 bits per heavy atom. The Morgan fingerprint density at radius 1 is 1.19 bits per heavy atom. The summed E-state index contributed by atoms with van der Waals surface area (Å²) in [5.74, 6) is 0.630. The van der Waals surface area contributed by atoms with Crippen molar-refractivity contribution in [3.63, 3.8) is 0 Å². The van der Waals surface area contributed by atoms with E-state index in [-0.39, 0.29) is 24.5 Å². The summed E-state index contributed by atoms with van der Waals surface area (Å²) in [7, 11) is 1.91. The number of ether oxygens (including phenoxy) is 1. The van der Waals surface area contributed by atoms with Crippen LogP contribution in [0.4, 0.5) is 5.82 Å². The highest BCUT2D eigenvalue weighted by molar-refractivity contribution is 7.15. The van der Waals surface area contributed by atoms with Crippen molar-refractivity contribution in [3.05, 3.63) is 41.6 Å². The Kier molecular flexibility index (Phi) is 7.88. The Bertz CT molecular complexity index is 899. The largest absolute Gasteiger partial charge is 0.462 e. The molecule has 168 valence electrons. The van der Waals surface area contributed by atoms with Crippen molar-refractivity contribution in [1.29, 1.82) is 0 Å². The van der Waals surface area contributed by atoms with Crippen molar-refractivity contribution < 1.29 is 14.3 Å². The summed E-state index contributed by atoms with van der Waals surface area (Å²) in [5, 5.41) is 4.71. The Morgan fingerprint density at radius 2 is 1.84 bits per heavy atom. The molecule has 2 aromatic rings. The highest BCUT2D eigenvalue weighted by Crippen LogP contribution is 2.33. The van der Waals surface area contributed by atoms with Gasteiger partial charge in [-0.05, 0) is 79.3 Å². The molecule has 3 rings (SSSR count). The van der Waals surface area contributed by atoms with E-state index in [4.69, 9.17) is 9.84 Å². The van der Waals surface area contributed by atoms with Crippen molar-refractivity contribution in [2.45, 2.75) is 65.6 Å². The number of nitrogens with zero attached hydrogens (tertiary/aromatic N) is 3. The SMILES string of the molecule is CCOC(=O)c1cn(-c2ccc(C[PH3+])cc2)nc1N(C(=O)C1CCC(C)CC1)C(C)C. The molecule has 1 unspecified atom stereocenters. The normalized spacial score (nSPS) is 18.9. The van der Waals surface area contributed by atoms with Crippen molar-refractivity contribution >= 4 is 26.9 Å². The molecule has 6 nitrogen and oxygen atoms in total. The summed E-state index contributed by atoms with van der Waals surface area (Å²) in [6, 6.07) is 7.97. The Hall–Kier alpha value is -2.20. The number of anilines is 1. The van der Waals surface area contributed by atoms with Gasteiger partial charge in [0.1, 0.15) is 5.56 Å². The zero-order valence-corrected chi connectivity index (χ0v) is 20.5. The number of rotatable bonds is 7. The smallest absolute Gasteiger partial charge is 0.343 e. The number of hydrogen-bond acceptors (Lipinski definition) is 4. The molecule has 1 aromatic heterocycles. The van der Waals surface area contributed by atoms with E-state index in [9.17, 15) is 9.59 Å². The van der Waals surface area contributed by atoms with Crippen LogP contribution in [0.25, 0.3) is 5.69 Å². The molecule has 1 aromatic carbocycles. The molecular weight excluding hydrogens is 409 g/mol. The van der Waals surface area contributed by atoms with Gasteiger partial charge in [0.2, 0.25) is 5.91 Å². The fourth-order valence-corrected chi connectivity index (χ4v) is 4.48. The van der Waals surface area contributed by atoms with Gasteiger partial charge in [-0.25, -0.2) is 9.48 Å². The predicted molar refractivity (Wildman–Crippen MR) is 128 cm³/mol. The topological polar surface area (TPSA) is 64.4 Å². The van der Waals surface area contributed by atoms with Crippen molar-refractivity contribution in [2.75, 3.05) is 11.5 Å². The molecule has 1 aliphatic rings. The van der Waals surface area contributed by atoms with Crippen LogP contribution < -0.4 is 4.90 Å². The zero-order chi connectivity index (χ0) is 22.5. The van der Waals surface area contributed by atoms with Gasteiger partial charge in [0.25, 0.3) is 0 Å². The van der Waals surface area contributed by atoms with Crippen molar-refractivity contribution in [1.82, 2.24) is 9.78 Å². The minimum atomic E-state index is -0.453. The maximum Gasteiger partial charge on any atom is 0.343 e. The average molecular weight is 445 g/mol. The van der Waals surface area contributed by atoms with Gasteiger partial charge in [0, 0.05) is 18.2 Å². The molecule has 0 N–H and O–H groups in total. The van der Waals surface area contributed by atoms with Crippen LogP contribution in [0.5, 0.6) is 0 Å². The molecule has 0 bridgehead atoms. The highest BCUT2D eigenvalue weighted by atomic mass is 31.0. The number of benzene rings is 1. The lowest BCUT2D eigenvalue weighted by Gasteiger charge is -2.32. The molecule has 1 aliphatic carbocycles.